The number of rotatable bonds is 6. The van der Waals surface area contributed by atoms with Crippen molar-refractivity contribution in [1.82, 2.24) is 0 Å². The zero-order valence-electron chi connectivity index (χ0n) is 13.8. The van der Waals surface area contributed by atoms with Gasteiger partial charge in [-0.1, -0.05) is 23.2 Å². The van der Waals surface area contributed by atoms with Crippen molar-refractivity contribution in [2.24, 2.45) is 0 Å². The number of carbonyl (C=O) groups excluding carboxylic acids is 1. The Bertz CT molecular complexity index is 891. The maximum atomic E-state index is 12.4. The molecular formula is C15H11Cl2N3O7. The monoisotopic (exact) mass is 415 g/mol. The predicted molar refractivity (Wildman–Crippen MR) is 97.3 cm³/mol. The number of benzene rings is 2. The molecule has 0 aliphatic rings. The number of carbonyl (C=O) groups is 1. The van der Waals surface area contributed by atoms with Crippen LogP contribution < -0.4 is 14.8 Å². The van der Waals surface area contributed by atoms with Crippen LogP contribution in [0.1, 0.15) is 10.4 Å². The number of nitrogens with zero attached hydrogens (tertiary/aromatic N) is 2. The molecule has 2 aromatic rings. The van der Waals surface area contributed by atoms with Crippen molar-refractivity contribution in [2.45, 2.75) is 0 Å². The third kappa shape index (κ3) is 4.18. The molecule has 27 heavy (non-hydrogen) atoms. The van der Waals surface area contributed by atoms with Gasteiger partial charge in [-0.2, -0.15) is 0 Å². The first kappa shape index (κ1) is 20.2. The van der Waals surface area contributed by atoms with E-state index in [4.69, 9.17) is 32.7 Å². The Hall–Kier alpha value is -3.11. The Kier molecular flexibility index (Phi) is 6.03. The summed E-state index contributed by atoms with van der Waals surface area (Å²) in [5.41, 5.74) is -1.50. The molecule has 0 fully saturated rings. The summed E-state index contributed by atoms with van der Waals surface area (Å²) in [4.78, 5) is 33.0. The van der Waals surface area contributed by atoms with E-state index in [1.165, 1.54) is 19.2 Å². The minimum absolute atomic E-state index is 0.0203. The highest BCUT2D eigenvalue weighted by molar-refractivity contribution is 6.37. The van der Waals surface area contributed by atoms with Crippen molar-refractivity contribution in [3.63, 3.8) is 0 Å². The van der Waals surface area contributed by atoms with E-state index in [1.54, 1.807) is 0 Å². The van der Waals surface area contributed by atoms with Crippen LogP contribution in [0.2, 0.25) is 10.0 Å². The van der Waals surface area contributed by atoms with Crippen LogP contribution >= 0.6 is 23.2 Å². The van der Waals surface area contributed by atoms with Crippen molar-refractivity contribution in [1.29, 1.82) is 0 Å². The topological polar surface area (TPSA) is 134 Å². The van der Waals surface area contributed by atoms with Crippen molar-refractivity contribution in [3.8, 4) is 11.5 Å². The molecule has 12 heteroatoms. The van der Waals surface area contributed by atoms with Gasteiger partial charge in [-0.05, 0) is 12.1 Å². The summed E-state index contributed by atoms with van der Waals surface area (Å²) in [7, 11) is 2.41. The number of nitrogens with one attached hydrogen (secondary N) is 1. The summed E-state index contributed by atoms with van der Waals surface area (Å²) < 4.78 is 9.73. The SMILES string of the molecule is COc1c(Cl)cc(C(=O)Nc2cc([N+](=O)[O-])c(OC)c([N+](=O)[O-])c2)cc1Cl. The van der Waals surface area contributed by atoms with Gasteiger partial charge < -0.3 is 14.8 Å². The molecule has 1 N–H and O–H groups in total. The Labute approximate surface area is 161 Å². The van der Waals surface area contributed by atoms with Crippen LogP contribution in [-0.4, -0.2) is 30.0 Å². The average Bonchev–Trinajstić information content (AvgIpc) is 2.60. The highest BCUT2D eigenvalue weighted by Gasteiger charge is 2.28. The van der Waals surface area contributed by atoms with E-state index in [2.05, 4.69) is 5.32 Å². The van der Waals surface area contributed by atoms with Gasteiger partial charge in [0, 0.05) is 17.7 Å². The minimum Gasteiger partial charge on any atom is -0.494 e. The smallest absolute Gasteiger partial charge is 0.320 e. The number of ether oxygens (including phenoxy) is 2. The molecule has 0 saturated heterocycles. The molecule has 0 radical (unpaired) electrons. The fourth-order valence-corrected chi connectivity index (χ4v) is 2.88. The first-order valence-electron chi connectivity index (χ1n) is 7.04. The minimum atomic E-state index is -0.859. The molecule has 0 atom stereocenters. The number of methoxy groups -OCH3 is 2. The summed E-state index contributed by atoms with van der Waals surface area (Å²) in [6.07, 6.45) is 0. The largest absolute Gasteiger partial charge is 0.494 e. The summed E-state index contributed by atoms with van der Waals surface area (Å²) in [5.74, 6) is -1.10. The van der Waals surface area contributed by atoms with Crippen LogP contribution in [0, 0.1) is 20.2 Å². The molecule has 10 nitrogen and oxygen atoms in total. The molecule has 0 spiro atoms. The quantitative estimate of drug-likeness (QED) is 0.554. The molecule has 0 aliphatic carbocycles. The van der Waals surface area contributed by atoms with Crippen LogP contribution in [0.4, 0.5) is 17.1 Å². The van der Waals surface area contributed by atoms with Gasteiger partial charge in [-0.3, -0.25) is 25.0 Å². The van der Waals surface area contributed by atoms with Crippen molar-refractivity contribution >= 4 is 46.2 Å². The lowest BCUT2D eigenvalue weighted by Gasteiger charge is -2.10. The second kappa shape index (κ2) is 8.06. The lowest BCUT2D eigenvalue weighted by molar-refractivity contribution is -0.395. The summed E-state index contributed by atoms with van der Waals surface area (Å²) in [5, 5.41) is 24.8. The van der Waals surface area contributed by atoms with Crippen LogP contribution in [0.3, 0.4) is 0 Å². The molecule has 2 aromatic carbocycles. The number of amides is 1. The highest BCUT2D eigenvalue weighted by Crippen LogP contribution is 2.40. The number of nitro groups is 2. The van der Waals surface area contributed by atoms with Crippen LogP contribution in [0.15, 0.2) is 24.3 Å². The maximum absolute atomic E-state index is 12.4. The molecular weight excluding hydrogens is 405 g/mol. The van der Waals surface area contributed by atoms with E-state index in [1.807, 2.05) is 0 Å². The normalized spacial score (nSPS) is 10.2. The summed E-state index contributed by atoms with van der Waals surface area (Å²) in [6.45, 7) is 0. The number of hydrogen-bond donors (Lipinski definition) is 1. The molecule has 1 amide bonds. The Morgan fingerprint density at radius 3 is 1.74 bits per heavy atom. The predicted octanol–water partition coefficient (Wildman–Crippen LogP) is 4.08. The van der Waals surface area contributed by atoms with Crippen molar-refractivity contribution < 1.29 is 24.1 Å². The summed E-state index contributed by atoms with van der Waals surface area (Å²) >= 11 is 11.9. The molecule has 2 rings (SSSR count). The van der Waals surface area contributed by atoms with Gasteiger partial charge in [0.1, 0.15) is 0 Å². The molecule has 0 bridgehead atoms. The lowest BCUT2D eigenvalue weighted by Crippen LogP contribution is -2.13. The molecule has 0 saturated carbocycles. The van der Waals surface area contributed by atoms with E-state index in [0.717, 1.165) is 19.2 Å². The van der Waals surface area contributed by atoms with E-state index in [9.17, 15) is 25.0 Å². The number of halogens is 2. The van der Waals surface area contributed by atoms with Crippen molar-refractivity contribution in [2.75, 3.05) is 19.5 Å². The van der Waals surface area contributed by atoms with E-state index in [-0.39, 0.29) is 27.0 Å². The molecule has 0 aliphatic heterocycles. The standard InChI is InChI=1S/C15H11Cl2N3O7/c1-26-13-9(16)3-7(4-10(13)17)15(21)18-8-5-11(19(22)23)14(27-2)12(6-8)20(24)25/h3-6H,1-2H3,(H,18,21). The third-order valence-electron chi connectivity index (χ3n) is 3.37. The number of anilines is 1. The van der Waals surface area contributed by atoms with E-state index < -0.39 is 32.9 Å². The lowest BCUT2D eigenvalue weighted by atomic mass is 10.1. The Balaban J connectivity index is 2.46. The van der Waals surface area contributed by atoms with E-state index >= 15 is 0 Å². The van der Waals surface area contributed by atoms with E-state index in [0.29, 0.717) is 0 Å². The van der Waals surface area contributed by atoms with Crippen LogP contribution in [-0.2, 0) is 0 Å². The molecule has 0 heterocycles. The van der Waals surface area contributed by atoms with Gasteiger partial charge in [0.25, 0.3) is 11.7 Å². The van der Waals surface area contributed by atoms with Gasteiger partial charge >= 0.3 is 11.4 Å². The molecule has 0 unspecified atom stereocenters. The maximum Gasteiger partial charge on any atom is 0.320 e. The Morgan fingerprint density at radius 2 is 1.37 bits per heavy atom. The fourth-order valence-electron chi connectivity index (χ4n) is 2.24. The Morgan fingerprint density at radius 1 is 0.926 bits per heavy atom. The van der Waals surface area contributed by atoms with Gasteiger partial charge in [0.05, 0.1) is 39.8 Å². The van der Waals surface area contributed by atoms with Gasteiger partial charge in [-0.25, -0.2) is 0 Å². The van der Waals surface area contributed by atoms with Gasteiger partial charge in [-0.15, -0.1) is 0 Å². The second-order valence-corrected chi connectivity index (χ2v) is 5.80. The first-order valence-corrected chi connectivity index (χ1v) is 7.80. The molecule has 142 valence electrons. The fraction of sp³-hybridized carbons (Fsp3) is 0.133. The van der Waals surface area contributed by atoms with Crippen LogP contribution in [0.5, 0.6) is 11.5 Å². The first-order chi connectivity index (χ1) is 12.7. The van der Waals surface area contributed by atoms with Gasteiger partial charge in [0.2, 0.25) is 0 Å². The summed E-state index contributed by atoms with van der Waals surface area (Å²) in [6, 6.07) is 4.43. The average molecular weight is 416 g/mol. The second-order valence-electron chi connectivity index (χ2n) is 4.99. The zero-order valence-corrected chi connectivity index (χ0v) is 15.3. The molecule has 0 aromatic heterocycles. The third-order valence-corrected chi connectivity index (χ3v) is 3.93. The van der Waals surface area contributed by atoms with Gasteiger partial charge in [0.15, 0.2) is 5.75 Å². The van der Waals surface area contributed by atoms with Crippen LogP contribution in [0.25, 0.3) is 0 Å². The highest BCUT2D eigenvalue weighted by atomic mass is 35.5. The number of hydrogen-bond acceptors (Lipinski definition) is 7. The zero-order chi connectivity index (χ0) is 20.3. The van der Waals surface area contributed by atoms with Crippen molar-refractivity contribution in [3.05, 3.63) is 60.1 Å². The number of nitro benzene ring substituents is 2.